The summed E-state index contributed by atoms with van der Waals surface area (Å²) >= 11 is 0. The summed E-state index contributed by atoms with van der Waals surface area (Å²) in [7, 11) is 0. The molecule has 2 N–H and O–H groups in total. The highest BCUT2D eigenvalue weighted by atomic mass is 16.5. The van der Waals surface area contributed by atoms with Gasteiger partial charge in [-0.05, 0) is 32.6 Å². The first-order chi connectivity index (χ1) is 8.54. The molecule has 2 amide bonds. The van der Waals surface area contributed by atoms with Gasteiger partial charge in [0.2, 0.25) is 11.8 Å². The second-order valence-corrected chi connectivity index (χ2v) is 4.94. The van der Waals surface area contributed by atoms with Gasteiger partial charge in [0.05, 0.1) is 6.10 Å². The van der Waals surface area contributed by atoms with E-state index in [2.05, 4.69) is 0 Å². The van der Waals surface area contributed by atoms with E-state index in [0.717, 1.165) is 25.7 Å². The maximum atomic E-state index is 12.1. The van der Waals surface area contributed by atoms with Crippen molar-refractivity contribution in [1.29, 1.82) is 0 Å². The summed E-state index contributed by atoms with van der Waals surface area (Å²) in [6, 6.07) is -0.0377. The Hall–Kier alpha value is -1.10. The van der Waals surface area contributed by atoms with Crippen molar-refractivity contribution in [2.45, 2.75) is 58.1 Å². The van der Waals surface area contributed by atoms with Gasteiger partial charge in [0.25, 0.3) is 0 Å². The van der Waals surface area contributed by atoms with E-state index >= 15 is 0 Å². The van der Waals surface area contributed by atoms with Crippen molar-refractivity contribution >= 4 is 11.8 Å². The van der Waals surface area contributed by atoms with Crippen molar-refractivity contribution in [2.75, 3.05) is 13.2 Å². The first-order valence-electron chi connectivity index (χ1n) is 6.74. The number of piperidine rings is 1. The minimum Gasteiger partial charge on any atom is -0.370 e. The Labute approximate surface area is 109 Å². The molecule has 0 spiro atoms. The molecule has 0 aliphatic carbocycles. The highest BCUT2D eigenvalue weighted by molar-refractivity contribution is 5.80. The van der Waals surface area contributed by atoms with Gasteiger partial charge in [0.1, 0.15) is 6.61 Å². The average Bonchev–Trinajstić information content (AvgIpc) is 2.35. The van der Waals surface area contributed by atoms with Crippen molar-refractivity contribution in [3.8, 4) is 0 Å². The van der Waals surface area contributed by atoms with Gasteiger partial charge >= 0.3 is 0 Å². The Balaban J connectivity index is 2.49. The third-order valence-electron chi connectivity index (χ3n) is 3.45. The molecule has 0 aromatic heterocycles. The molecule has 5 nitrogen and oxygen atoms in total. The topological polar surface area (TPSA) is 72.6 Å². The molecule has 0 aromatic rings. The van der Waals surface area contributed by atoms with E-state index in [1.807, 2.05) is 13.8 Å². The molecular weight excluding hydrogens is 232 g/mol. The van der Waals surface area contributed by atoms with E-state index in [1.54, 1.807) is 4.90 Å². The summed E-state index contributed by atoms with van der Waals surface area (Å²) in [4.78, 5) is 24.8. The normalized spacial score (nSPS) is 21.7. The number of likely N-dealkylation sites (tertiary alicyclic amines) is 1. The molecule has 18 heavy (non-hydrogen) atoms. The number of rotatable bonds is 6. The number of hydrogen-bond donors (Lipinski definition) is 1. The van der Waals surface area contributed by atoms with Gasteiger partial charge < -0.3 is 15.4 Å². The first-order valence-corrected chi connectivity index (χ1v) is 6.74. The molecule has 5 heteroatoms. The number of carbonyl (C=O) groups is 2. The predicted molar refractivity (Wildman–Crippen MR) is 68.9 cm³/mol. The van der Waals surface area contributed by atoms with Gasteiger partial charge in [0, 0.05) is 19.0 Å². The summed E-state index contributed by atoms with van der Waals surface area (Å²) in [5.41, 5.74) is 5.22. The van der Waals surface area contributed by atoms with Gasteiger partial charge in [-0.15, -0.1) is 0 Å². The smallest absolute Gasteiger partial charge is 0.248 e. The van der Waals surface area contributed by atoms with Crippen LogP contribution in [0.4, 0.5) is 0 Å². The Bertz CT molecular complexity index is 294. The summed E-state index contributed by atoms with van der Waals surface area (Å²) in [5, 5.41) is 0. The van der Waals surface area contributed by atoms with Crippen LogP contribution in [-0.4, -0.2) is 42.0 Å². The van der Waals surface area contributed by atoms with Crippen LogP contribution in [-0.2, 0) is 14.3 Å². The van der Waals surface area contributed by atoms with Crippen LogP contribution in [0.2, 0.25) is 0 Å². The van der Waals surface area contributed by atoms with Crippen LogP contribution in [0.5, 0.6) is 0 Å². The summed E-state index contributed by atoms with van der Waals surface area (Å²) in [6.45, 7) is 4.78. The molecular formula is C13H24N2O3. The predicted octanol–water partition coefficient (Wildman–Crippen LogP) is 1.06. The van der Waals surface area contributed by atoms with Crippen molar-refractivity contribution in [1.82, 2.24) is 4.90 Å². The van der Waals surface area contributed by atoms with Gasteiger partial charge in [-0.25, -0.2) is 0 Å². The number of carbonyl (C=O) groups excluding carboxylic acids is 2. The van der Waals surface area contributed by atoms with Crippen LogP contribution < -0.4 is 5.73 Å². The number of primary amides is 1. The lowest BCUT2D eigenvalue weighted by Crippen LogP contribution is -2.47. The molecule has 104 valence electrons. The molecule has 1 aliphatic rings. The largest absolute Gasteiger partial charge is 0.370 e. The molecule has 1 saturated heterocycles. The van der Waals surface area contributed by atoms with Gasteiger partial charge in [-0.3, -0.25) is 9.59 Å². The minimum absolute atomic E-state index is 0.0266. The second-order valence-electron chi connectivity index (χ2n) is 4.94. The van der Waals surface area contributed by atoms with E-state index in [-0.39, 0.29) is 37.0 Å². The standard InChI is InChI=1S/C13H24N2O3/c1-3-10(2)18-9-13(17)15-7-5-4-6-11(15)8-12(14)16/h10-11H,3-9H2,1-2H3,(H2,14,16). The molecule has 1 aliphatic heterocycles. The zero-order chi connectivity index (χ0) is 13.5. The van der Waals surface area contributed by atoms with Crippen molar-refractivity contribution in [2.24, 2.45) is 5.73 Å². The molecule has 0 bridgehead atoms. The van der Waals surface area contributed by atoms with Crippen LogP contribution in [0, 0.1) is 0 Å². The van der Waals surface area contributed by atoms with E-state index in [9.17, 15) is 9.59 Å². The van der Waals surface area contributed by atoms with Gasteiger partial charge in [-0.1, -0.05) is 6.92 Å². The fourth-order valence-corrected chi connectivity index (χ4v) is 2.19. The summed E-state index contributed by atoms with van der Waals surface area (Å²) < 4.78 is 5.45. The van der Waals surface area contributed by atoms with Gasteiger partial charge in [0.15, 0.2) is 0 Å². The maximum Gasteiger partial charge on any atom is 0.248 e. The highest BCUT2D eigenvalue weighted by Gasteiger charge is 2.27. The van der Waals surface area contributed by atoms with Crippen molar-refractivity contribution in [3.05, 3.63) is 0 Å². The lowest BCUT2D eigenvalue weighted by molar-refractivity contribution is -0.142. The zero-order valence-corrected chi connectivity index (χ0v) is 11.4. The molecule has 1 heterocycles. The molecule has 0 radical (unpaired) electrons. The van der Waals surface area contributed by atoms with E-state index in [0.29, 0.717) is 6.54 Å². The quantitative estimate of drug-likeness (QED) is 0.772. The van der Waals surface area contributed by atoms with E-state index in [1.165, 1.54) is 0 Å². The number of nitrogens with two attached hydrogens (primary N) is 1. The van der Waals surface area contributed by atoms with Crippen LogP contribution >= 0.6 is 0 Å². The maximum absolute atomic E-state index is 12.1. The number of nitrogens with zero attached hydrogens (tertiary/aromatic N) is 1. The fourth-order valence-electron chi connectivity index (χ4n) is 2.19. The fraction of sp³-hybridized carbons (Fsp3) is 0.846. The first kappa shape index (κ1) is 15.0. The monoisotopic (exact) mass is 256 g/mol. The van der Waals surface area contributed by atoms with Gasteiger partial charge in [-0.2, -0.15) is 0 Å². The average molecular weight is 256 g/mol. The number of ether oxygens (including phenoxy) is 1. The Kier molecular flexibility index (Phi) is 6.12. The Morgan fingerprint density at radius 1 is 1.44 bits per heavy atom. The molecule has 0 saturated carbocycles. The third kappa shape index (κ3) is 4.64. The van der Waals surface area contributed by atoms with E-state index in [4.69, 9.17) is 10.5 Å². The molecule has 1 fully saturated rings. The lowest BCUT2D eigenvalue weighted by atomic mass is 9.99. The minimum atomic E-state index is -0.345. The highest BCUT2D eigenvalue weighted by Crippen LogP contribution is 2.19. The molecule has 0 aromatic carbocycles. The van der Waals surface area contributed by atoms with Crippen LogP contribution in [0.3, 0.4) is 0 Å². The van der Waals surface area contributed by atoms with Crippen molar-refractivity contribution < 1.29 is 14.3 Å². The van der Waals surface area contributed by atoms with Crippen LogP contribution in [0.25, 0.3) is 0 Å². The SMILES string of the molecule is CCC(C)OCC(=O)N1CCCCC1CC(N)=O. The van der Waals surface area contributed by atoms with Crippen molar-refractivity contribution in [3.63, 3.8) is 0 Å². The zero-order valence-electron chi connectivity index (χ0n) is 11.4. The Morgan fingerprint density at radius 3 is 2.78 bits per heavy atom. The lowest BCUT2D eigenvalue weighted by Gasteiger charge is -2.35. The second kappa shape index (κ2) is 7.36. The van der Waals surface area contributed by atoms with Crippen LogP contribution in [0.1, 0.15) is 46.0 Å². The summed E-state index contributed by atoms with van der Waals surface area (Å²) in [5.74, 6) is -0.371. The summed E-state index contributed by atoms with van der Waals surface area (Å²) in [6.07, 6.45) is 4.14. The molecule has 2 atom stereocenters. The third-order valence-corrected chi connectivity index (χ3v) is 3.45. The van der Waals surface area contributed by atoms with E-state index < -0.39 is 0 Å². The molecule has 1 rings (SSSR count). The molecule has 2 unspecified atom stereocenters. The Morgan fingerprint density at radius 2 is 2.17 bits per heavy atom. The van der Waals surface area contributed by atoms with Crippen LogP contribution in [0.15, 0.2) is 0 Å². The number of hydrogen-bond acceptors (Lipinski definition) is 3. The number of amides is 2.